The molecule has 0 aliphatic rings. The van der Waals surface area contributed by atoms with E-state index in [4.69, 9.17) is 0 Å². The van der Waals surface area contributed by atoms with E-state index >= 15 is 0 Å². The zero-order chi connectivity index (χ0) is 14.7. The van der Waals surface area contributed by atoms with Crippen molar-refractivity contribution >= 4 is 0 Å². The Morgan fingerprint density at radius 2 is 1.70 bits per heavy atom. The van der Waals surface area contributed by atoms with Crippen LogP contribution >= 0.6 is 0 Å². The third kappa shape index (κ3) is 3.39. The van der Waals surface area contributed by atoms with Gasteiger partial charge in [-0.25, -0.2) is 13.2 Å². The van der Waals surface area contributed by atoms with Crippen LogP contribution in [0.3, 0.4) is 0 Å². The van der Waals surface area contributed by atoms with Crippen molar-refractivity contribution in [2.45, 2.75) is 25.9 Å². The Labute approximate surface area is 115 Å². The van der Waals surface area contributed by atoms with Crippen LogP contribution in [0.15, 0.2) is 36.4 Å². The highest BCUT2D eigenvalue weighted by molar-refractivity contribution is 5.28. The summed E-state index contributed by atoms with van der Waals surface area (Å²) >= 11 is 0. The van der Waals surface area contributed by atoms with Gasteiger partial charge in [0.15, 0.2) is 11.6 Å². The van der Waals surface area contributed by atoms with Gasteiger partial charge in [-0.05, 0) is 48.2 Å². The van der Waals surface area contributed by atoms with Crippen molar-refractivity contribution in [1.29, 1.82) is 0 Å². The fourth-order valence-corrected chi connectivity index (χ4v) is 2.15. The molecule has 2 rings (SSSR count). The summed E-state index contributed by atoms with van der Waals surface area (Å²) in [6.45, 7) is 1.81. The summed E-state index contributed by atoms with van der Waals surface area (Å²) in [5.41, 5.74) is 1.63. The normalized spacial score (nSPS) is 12.4. The van der Waals surface area contributed by atoms with Gasteiger partial charge in [-0.3, -0.25) is 0 Å². The number of aliphatic hydroxyl groups excluding tert-OH is 1. The van der Waals surface area contributed by atoms with E-state index in [9.17, 15) is 18.3 Å². The lowest BCUT2D eigenvalue weighted by molar-refractivity contribution is 0.173. The molecule has 1 unspecified atom stereocenters. The molecule has 0 saturated heterocycles. The van der Waals surface area contributed by atoms with Gasteiger partial charge in [0.25, 0.3) is 0 Å². The van der Waals surface area contributed by atoms with Gasteiger partial charge in [0, 0.05) is 6.42 Å². The summed E-state index contributed by atoms with van der Waals surface area (Å²) in [4.78, 5) is 0. The monoisotopic (exact) mass is 280 g/mol. The predicted molar refractivity (Wildman–Crippen MR) is 70.9 cm³/mol. The van der Waals surface area contributed by atoms with Crippen LogP contribution in [0.5, 0.6) is 0 Å². The number of aryl methyl sites for hydroxylation is 1. The van der Waals surface area contributed by atoms with Crippen molar-refractivity contribution in [3.63, 3.8) is 0 Å². The summed E-state index contributed by atoms with van der Waals surface area (Å²) in [6, 6.07) is 8.17. The molecule has 0 aromatic heterocycles. The van der Waals surface area contributed by atoms with E-state index in [0.29, 0.717) is 5.56 Å². The van der Waals surface area contributed by atoms with Crippen LogP contribution in [-0.4, -0.2) is 11.2 Å². The molecule has 1 N–H and O–H groups in total. The number of hydrogen-bond donors (Lipinski definition) is 1. The summed E-state index contributed by atoms with van der Waals surface area (Å²) in [6.07, 6.45) is -0.717. The third-order valence-electron chi connectivity index (χ3n) is 3.25. The fraction of sp³-hybridized carbons (Fsp3) is 0.250. The molecule has 20 heavy (non-hydrogen) atoms. The molecule has 0 aliphatic heterocycles. The van der Waals surface area contributed by atoms with Gasteiger partial charge in [-0.2, -0.15) is 0 Å². The van der Waals surface area contributed by atoms with E-state index in [2.05, 4.69) is 0 Å². The van der Waals surface area contributed by atoms with Crippen LogP contribution in [0.2, 0.25) is 0 Å². The van der Waals surface area contributed by atoms with E-state index in [1.165, 1.54) is 24.3 Å². The van der Waals surface area contributed by atoms with Gasteiger partial charge in [-0.1, -0.05) is 18.2 Å². The Bertz CT molecular complexity index is 607. The molecule has 0 aliphatic carbocycles. The van der Waals surface area contributed by atoms with E-state index in [0.717, 1.165) is 11.6 Å². The number of halogens is 3. The van der Waals surface area contributed by atoms with Crippen molar-refractivity contribution in [1.82, 2.24) is 0 Å². The topological polar surface area (TPSA) is 20.2 Å². The average Bonchev–Trinajstić information content (AvgIpc) is 2.39. The van der Waals surface area contributed by atoms with Crippen LogP contribution in [0.4, 0.5) is 13.2 Å². The van der Waals surface area contributed by atoms with Crippen LogP contribution < -0.4 is 0 Å². The molecule has 0 bridgehead atoms. The number of benzene rings is 2. The lowest BCUT2D eigenvalue weighted by Crippen LogP contribution is -2.16. The SMILES string of the molecule is Cc1ccc(F)cc1CC(O)Cc1cccc(F)c1F. The minimum absolute atomic E-state index is 0.0143. The molecule has 0 heterocycles. The first-order chi connectivity index (χ1) is 9.47. The van der Waals surface area contributed by atoms with E-state index in [1.807, 2.05) is 6.92 Å². The van der Waals surface area contributed by atoms with Crippen molar-refractivity contribution in [2.24, 2.45) is 0 Å². The second-order valence-electron chi connectivity index (χ2n) is 4.85. The molecule has 0 fully saturated rings. The quantitative estimate of drug-likeness (QED) is 0.908. The predicted octanol–water partition coefficient (Wildman–Crippen LogP) is 3.56. The molecule has 2 aromatic rings. The third-order valence-corrected chi connectivity index (χ3v) is 3.25. The molecular weight excluding hydrogens is 265 g/mol. The van der Waals surface area contributed by atoms with Gasteiger partial charge in [0.1, 0.15) is 5.82 Å². The zero-order valence-corrected chi connectivity index (χ0v) is 11.0. The maximum atomic E-state index is 13.5. The summed E-state index contributed by atoms with van der Waals surface area (Å²) < 4.78 is 39.7. The number of rotatable bonds is 4. The first-order valence-electron chi connectivity index (χ1n) is 6.33. The molecule has 0 spiro atoms. The van der Waals surface area contributed by atoms with Gasteiger partial charge >= 0.3 is 0 Å². The molecule has 1 atom stereocenters. The Morgan fingerprint density at radius 3 is 2.45 bits per heavy atom. The Balaban J connectivity index is 2.11. The highest BCUT2D eigenvalue weighted by Crippen LogP contribution is 2.17. The minimum Gasteiger partial charge on any atom is -0.392 e. The fourth-order valence-electron chi connectivity index (χ4n) is 2.15. The lowest BCUT2D eigenvalue weighted by atomic mass is 9.98. The lowest BCUT2D eigenvalue weighted by Gasteiger charge is -2.13. The Kier molecular flexibility index (Phi) is 4.45. The van der Waals surface area contributed by atoms with Gasteiger partial charge in [0.2, 0.25) is 0 Å². The second kappa shape index (κ2) is 6.09. The van der Waals surface area contributed by atoms with Crippen molar-refractivity contribution in [2.75, 3.05) is 0 Å². The summed E-state index contributed by atoms with van der Waals surface area (Å²) in [7, 11) is 0. The number of hydrogen-bond acceptors (Lipinski definition) is 1. The molecule has 106 valence electrons. The highest BCUT2D eigenvalue weighted by Gasteiger charge is 2.14. The zero-order valence-electron chi connectivity index (χ0n) is 11.0. The first kappa shape index (κ1) is 14.6. The van der Waals surface area contributed by atoms with Crippen molar-refractivity contribution in [3.05, 3.63) is 70.5 Å². The molecular formula is C16H15F3O. The van der Waals surface area contributed by atoms with Gasteiger partial charge in [0.05, 0.1) is 6.10 Å². The average molecular weight is 280 g/mol. The van der Waals surface area contributed by atoms with Crippen LogP contribution in [0.1, 0.15) is 16.7 Å². The molecule has 2 aromatic carbocycles. The molecule has 1 nitrogen and oxygen atoms in total. The maximum absolute atomic E-state index is 13.5. The van der Waals surface area contributed by atoms with Gasteiger partial charge < -0.3 is 5.11 Å². The van der Waals surface area contributed by atoms with Crippen molar-refractivity contribution in [3.8, 4) is 0 Å². The van der Waals surface area contributed by atoms with Gasteiger partial charge in [-0.15, -0.1) is 0 Å². The maximum Gasteiger partial charge on any atom is 0.162 e. The van der Waals surface area contributed by atoms with E-state index in [-0.39, 0.29) is 24.2 Å². The molecule has 0 radical (unpaired) electrons. The first-order valence-corrected chi connectivity index (χ1v) is 6.33. The molecule has 0 saturated carbocycles. The minimum atomic E-state index is -0.942. The largest absolute Gasteiger partial charge is 0.392 e. The molecule has 4 heteroatoms. The Hall–Kier alpha value is -1.81. The Morgan fingerprint density at radius 1 is 1.00 bits per heavy atom. The summed E-state index contributed by atoms with van der Waals surface area (Å²) in [5.74, 6) is -2.26. The van der Waals surface area contributed by atoms with Crippen molar-refractivity contribution < 1.29 is 18.3 Å². The van der Waals surface area contributed by atoms with Crippen LogP contribution in [-0.2, 0) is 12.8 Å². The summed E-state index contributed by atoms with van der Waals surface area (Å²) in [5, 5.41) is 9.98. The number of aliphatic hydroxyl groups is 1. The van der Waals surface area contributed by atoms with Crippen LogP contribution in [0, 0.1) is 24.4 Å². The van der Waals surface area contributed by atoms with E-state index < -0.39 is 17.7 Å². The second-order valence-corrected chi connectivity index (χ2v) is 4.85. The molecule has 0 amide bonds. The van der Waals surface area contributed by atoms with E-state index in [1.54, 1.807) is 6.07 Å². The smallest absolute Gasteiger partial charge is 0.162 e. The highest BCUT2D eigenvalue weighted by atomic mass is 19.2. The standard InChI is InChI=1S/C16H15F3O/c1-10-5-6-13(17)7-12(10)9-14(20)8-11-3-2-4-15(18)16(11)19/h2-7,14,20H,8-9H2,1H3. The van der Waals surface area contributed by atoms with Crippen LogP contribution in [0.25, 0.3) is 0 Å².